The second kappa shape index (κ2) is 7.27. The molecule has 8 heteroatoms. The second-order valence-electron chi connectivity index (χ2n) is 5.68. The summed E-state index contributed by atoms with van der Waals surface area (Å²) in [4.78, 5) is 14.3. The van der Waals surface area contributed by atoms with Crippen molar-refractivity contribution in [3.8, 4) is 21.2 Å². The fourth-order valence-electron chi connectivity index (χ4n) is 2.56. The third-order valence-corrected chi connectivity index (χ3v) is 5.65. The first-order chi connectivity index (χ1) is 12.7. The van der Waals surface area contributed by atoms with Gasteiger partial charge in [-0.1, -0.05) is 17.3 Å². The molecule has 4 aromatic rings. The van der Waals surface area contributed by atoms with Gasteiger partial charge in [-0.2, -0.15) is 5.10 Å². The zero-order valence-corrected chi connectivity index (χ0v) is 15.6. The first kappa shape index (κ1) is 16.7. The molecule has 0 aliphatic carbocycles. The van der Waals surface area contributed by atoms with E-state index in [1.807, 2.05) is 46.6 Å². The molecule has 26 heavy (non-hydrogen) atoms. The van der Waals surface area contributed by atoms with Gasteiger partial charge in [-0.15, -0.1) is 22.7 Å². The van der Waals surface area contributed by atoms with Crippen LogP contribution in [0.2, 0.25) is 0 Å². The minimum atomic E-state index is -0.250. The first-order valence-electron chi connectivity index (χ1n) is 8.08. The number of nitrogens with zero attached hydrogens (tertiary/aromatic N) is 3. The Hall–Kier alpha value is -2.71. The lowest BCUT2D eigenvalue weighted by Gasteiger charge is -2.05. The summed E-state index contributed by atoms with van der Waals surface area (Å²) < 4.78 is 7.14. The Morgan fingerprint density at radius 3 is 2.69 bits per heavy atom. The first-order valence-corrected chi connectivity index (χ1v) is 9.84. The van der Waals surface area contributed by atoms with E-state index in [0.717, 1.165) is 21.1 Å². The van der Waals surface area contributed by atoms with Gasteiger partial charge in [-0.3, -0.25) is 9.48 Å². The molecule has 0 atom stereocenters. The fourth-order valence-corrected chi connectivity index (χ4v) is 3.92. The zero-order chi connectivity index (χ0) is 17.9. The average molecular weight is 384 g/mol. The van der Waals surface area contributed by atoms with E-state index in [2.05, 4.69) is 21.6 Å². The van der Waals surface area contributed by atoms with Crippen LogP contribution in [-0.4, -0.2) is 27.4 Å². The van der Waals surface area contributed by atoms with Gasteiger partial charge in [-0.05, 0) is 35.9 Å². The molecule has 0 aliphatic heterocycles. The van der Waals surface area contributed by atoms with Crippen molar-refractivity contribution in [1.29, 1.82) is 0 Å². The number of aromatic nitrogens is 3. The van der Waals surface area contributed by atoms with E-state index < -0.39 is 0 Å². The Kier molecular flexibility index (Phi) is 4.68. The van der Waals surface area contributed by atoms with Crippen LogP contribution < -0.4 is 5.32 Å². The van der Waals surface area contributed by atoms with E-state index >= 15 is 0 Å². The third kappa shape index (κ3) is 3.47. The SMILES string of the molecule is Cc1cc(-c2cccs2)nn1CCNC(=O)c1cc(-c2cccs2)on1. The van der Waals surface area contributed by atoms with Crippen LogP contribution in [0.5, 0.6) is 0 Å². The second-order valence-corrected chi connectivity index (χ2v) is 7.58. The summed E-state index contributed by atoms with van der Waals surface area (Å²) >= 11 is 3.20. The van der Waals surface area contributed by atoms with Gasteiger partial charge in [-0.25, -0.2) is 0 Å². The topological polar surface area (TPSA) is 73.0 Å². The van der Waals surface area contributed by atoms with Crippen molar-refractivity contribution in [3.05, 3.63) is 58.5 Å². The summed E-state index contributed by atoms with van der Waals surface area (Å²) in [6, 6.07) is 11.6. The van der Waals surface area contributed by atoms with Crippen LogP contribution in [0.3, 0.4) is 0 Å². The molecule has 0 fully saturated rings. The Morgan fingerprint density at radius 2 is 1.96 bits per heavy atom. The van der Waals surface area contributed by atoms with Crippen LogP contribution in [0.25, 0.3) is 21.2 Å². The highest BCUT2D eigenvalue weighted by molar-refractivity contribution is 7.13. The van der Waals surface area contributed by atoms with Gasteiger partial charge in [0.1, 0.15) is 5.69 Å². The van der Waals surface area contributed by atoms with Gasteiger partial charge in [0.15, 0.2) is 11.5 Å². The fraction of sp³-hybridized carbons (Fsp3) is 0.167. The molecular formula is C18H16N4O2S2. The van der Waals surface area contributed by atoms with Gasteiger partial charge in [0.25, 0.3) is 5.91 Å². The van der Waals surface area contributed by atoms with E-state index in [1.54, 1.807) is 28.7 Å². The Labute approximate surface area is 158 Å². The molecule has 4 aromatic heterocycles. The van der Waals surface area contributed by atoms with Crippen molar-refractivity contribution >= 4 is 28.6 Å². The lowest BCUT2D eigenvalue weighted by Crippen LogP contribution is -2.28. The largest absolute Gasteiger partial charge is 0.355 e. The van der Waals surface area contributed by atoms with Crippen LogP contribution in [0.4, 0.5) is 0 Å². The monoisotopic (exact) mass is 384 g/mol. The van der Waals surface area contributed by atoms with Crippen molar-refractivity contribution in [2.24, 2.45) is 0 Å². The highest BCUT2D eigenvalue weighted by Gasteiger charge is 2.14. The van der Waals surface area contributed by atoms with E-state index in [9.17, 15) is 4.79 Å². The Balaban J connectivity index is 1.35. The van der Waals surface area contributed by atoms with Crippen molar-refractivity contribution in [2.75, 3.05) is 6.54 Å². The molecule has 0 unspecified atom stereocenters. The summed E-state index contributed by atoms with van der Waals surface area (Å²) in [5.74, 6) is 0.355. The summed E-state index contributed by atoms with van der Waals surface area (Å²) in [6.45, 7) is 3.07. The number of nitrogens with one attached hydrogen (secondary N) is 1. The van der Waals surface area contributed by atoms with Gasteiger partial charge in [0.2, 0.25) is 0 Å². The Morgan fingerprint density at radius 1 is 1.19 bits per heavy atom. The molecular weight excluding hydrogens is 368 g/mol. The number of carbonyl (C=O) groups excluding carboxylic acids is 1. The van der Waals surface area contributed by atoms with Crippen molar-refractivity contribution < 1.29 is 9.32 Å². The maximum absolute atomic E-state index is 12.2. The number of hydrogen-bond acceptors (Lipinski definition) is 6. The highest BCUT2D eigenvalue weighted by Crippen LogP contribution is 2.25. The standard InChI is InChI=1S/C18H16N4O2S2/c1-12-10-13(16-4-2-8-25-16)20-22(12)7-6-19-18(23)14-11-15(24-21-14)17-5-3-9-26-17/h2-5,8-11H,6-7H2,1H3,(H,19,23). The van der Waals surface area contributed by atoms with Gasteiger partial charge in [0, 0.05) is 18.3 Å². The summed E-state index contributed by atoms with van der Waals surface area (Å²) in [6.07, 6.45) is 0. The van der Waals surface area contributed by atoms with Crippen molar-refractivity contribution in [3.63, 3.8) is 0 Å². The maximum atomic E-state index is 12.2. The molecule has 132 valence electrons. The predicted molar refractivity (Wildman–Crippen MR) is 102 cm³/mol. The molecule has 0 spiro atoms. The van der Waals surface area contributed by atoms with Crippen LogP contribution in [0, 0.1) is 6.92 Å². The lowest BCUT2D eigenvalue weighted by molar-refractivity contribution is 0.0943. The van der Waals surface area contributed by atoms with E-state index in [-0.39, 0.29) is 11.6 Å². The average Bonchev–Trinajstić information content (AvgIpc) is 3.41. The third-order valence-electron chi connectivity index (χ3n) is 3.87. The van der Waals surface area contributed by atoms with Gasteiger partial charge in [0.05, 0.1) is 16.3 Å². The van der Waals surface area contributed by atoms with E-state index in [1.165, 1.54) is 0 Å². The number of amides is 1. The zero-order valence-electron chi connectivity index (χ0n) is 14.0. The Bertz CT molecular complexity index is 1000. The minimum Gasteiger partial charge on any atom is -0.355 e. The molecule has 0 saturated heterocycles. The summed E-state index contributed by atoms with van der Waals surface area (Å²) in [7, 11) is 0. The molecule has 6 nitrogen and oxygen atoms in total. The normalized spacial score (nSPS) is 11.0. The number of aryl methyl sites for hydroxylation is 1. The quantitative estimate of drug-likeness (QED) is 0.544. The molecule has 1 amide bonds. The minimum absolute atomic E-state index is 0.250. The van der Waals surface area contributed by atoms with E-state index in [4.69, 9.17) is 4.52 Å². The predicted octanol–water partition coefficient (Wildman–Crippen LogP) is 4.07. The van der Waals surface area contributed by atoms with Crippen molar-refractivity contribution in [2.45, 2.75) is 13.5 Å². The van der Waals surface area contributed by atoms with E-state index in [0.29, 0.717) is 18.8 Å². The van der Waals surface area contributed by atoms with Crippen molar-refractivity contribution in [1.82, 2.24) is 20.3 Å². The molecule has 4 heterocycles. The molecule has 0 bridgehead atoms. The maximum Gasteiger partial charge on any atom is 0.273 e. The number of carbonyl (C=O) groups is 1. The van der Waals surface area contributed by atoms with Crippen LogP contribution in [0.15, 0.2) is 51.7 Å². The molecule has 0 saturated carbocycles. The smallest absolute Gasteiger partial charge is 0.273 e. The summed E-state index contributed by atoms with van der Waals surface area (Å²) in [5, 5.41) is 15.3. The van der Waals surface area contributed by atoms with Gasteiger partial charge >= 0.3 is 0 Å². The van der Waals surface area contributed by atoms with Crippen LogP contribution in [0.1, 0.15) is 16.2 Å². The molecule has 0 aliphatic rings. The number of rotatable bonds is 6. The highest BCUT2D eigenvalue weighted by atomic mass is 32.1. The number of thiophene rings is 2. The summed E-state index contributed by atoms with van der Waals surface area (Å²) in [5.41, 5.74) is 2.30. The molecule has 4 rings (SSSR count). The lowest BCUT2D eigenvalue weighted by atomic mass is 10.3. The molecule has 0 radical (unpaired) electrons. The van der Waals surface area contributed by atoms with Crippen LogP contribution in [-0.2, 0) is 6.54 Å². The molecule has 0 aromatic carbocycles. The van der Waals surface area contributed by atoms with Gasteiger partial charge < -0.3 is 9.84 Å². The molecule has 1 N–H and O–H groups in total. The number of hydrogen-bond donors (Lipinski definition) is 1. The van der Waals surface area contributed by atoms with Crippen LogP contribution >= 0.6 is 22.7 Å².